The smallest absolute Gasteiger partial charge is 0.293 e. The van der Waals surface area contributed by atoms with E-state index in [1.54, 1.807) is 16.0 Å². The number of para-hydroxylation sites is 1. The van der Waals surface area contributed by atoms with Crippen LogP contribution in [0.3, 0.4) is 0 Å². The monoisotopic (exact) mass is 449 g/mol. The molecule has 3 heterocycles. The predicted molar refractivity (Wildman–Crippen MR) is 124 cm³/mol. The average Bonchev–Trinajstić information content (AvgIpc) is 3.49. The number of carbonyl (C=O) groups is 1. The van der Waals surface area contributed by atoms with E-state index in [-0.39, 0.29) is 11.7 Å². The number of aromatic nitrogens is 3. The lowest BCUT2D eigenvalue weighted by atomic mass is 10.2. The summed E-state index contributed by atoms with van der Waals surface area (Å²) < 4.78 is 1.75. The summed E-state index contributed by atoms with van der Waals surface area (Å²) >= 11 is 7.70. The Kier molecular flexibility index (Phi) is 5.44. The van der Waals surface area contributed by atoms with Crippen LogP contribution in [0.5, 0.6) is 0 Å². The average molecular weight is 450 g/mol. The number of anilines is 1. The van der Waals surface area contributed by atoms with E-state index in [0.717, 1.165) is 29.3 Å². The number of hydrogen-bond acceptors (Lipinski definition) is 5. The van der Waals surface area contributed by atoms with Crippen LogP contribution in [0.1, 0.15) is 10.6 Å². The standard InChI is InChI=1S/C23H20ClN5OS/c24-17-6-4-9-19(16-17)27-11-13-28(14-12-27)23(30)21-25-22(20-10-5-15-31-20)29(26-21)18-7-2-1-3-8-18/h1-10,15-16H,11-14H2. The Labute approximate surface area is 189 Å². The topological polar surface area (TPSA) is 54.3 Å². The first-order chi connectivity index (χ1) is 15.2. The molecular formula is C23H20ClN5OS. The summed E-state index contributed by atoms with van der Waals surface area (Å²) in [6, 6.07) is 21.6. The molecule has 5 rings (SSSR count). The fraction of sp³-hybridized carbons (Fsp3) is 0.174. The van der Waals surface area contributed by atoms with Crippen LogP contribution >= 0.6 is 22.9 Å². The highest BCUT2D eigenvalue weighted by molar-refractivity contribution is 7.13. The molecule has 1 saturated heterocycles. The van der Waals surface area contributed by atoms with Crippen molar-refractivity contribution in [1.82, 2.24) is 19.7 Å². The highest BCUT2D eigenvalue weighted by atomic mass is 35.5. The Morgan fingerprint density at radius 1 is 0.903 bits per heavy atom. The molecule has 0 N–H and O–H groups in total. The Morgan fingerprint density at radius 2 is 1.68 bits per heavy atom. The van der Waals surface area contributed by atoms with E-state index >= 15 is 0 Å². The molecule has 31 heavy (non-hydrogen) atoms. The fourth-order valence-electron chi connectivity index (χ4n) is 3.70. The highest BCUT2D eigenvalue weighted by Crippen LogP contribution is 2.26. The van der Waals surface area contributed by atoms with Crippen molar-refractivity contribution in [1.29, 1.82) is 0 Å². The summed E-state index contributed by atoms with van der Waals surface area (Å²) in [6.07, 6.45) is 0. The van der Waals surface area contributed by atoms with Gasteiger partial charge in [0, 0.05) is 36.9 Å². The lowest BCUT2D eigenvalue weighted by molar-refractivity contribution is 0.0734. The first-order valence-electron chi connectivity index (χ1n) is 10.1. The van der Waals surface area contributed by atoms with Gasteiger partial charge in [0.15, 0.2) is 5.82 Å². The van der Waals surface area contributed by atoms with Gasteiger partial charge < -0.3 is 9.80 Å². The van der Waals surface area contributed by atoms with Crippen molar-refractivity contribution in [3.8, 4) is 16.4 Å². The van der Waals surface area contributed by atoms with Crippen LogP contribution in [0.4, 0.5) is 5.69 Å². The lowest BCUT2D eigenvalue weighted by Gasteiger charge is -2.35. The van der Waals surface area contributed by atoms with Crippen molar-refractivity contribution in [2.24, 2.45) is 0 Å². The fourth-order valence-corrected chi connectivity index (χ4v) is 4.58. The third-order valence-corrected chi connectivity index (χ3v) is 6.38. The maximum absolute atomic E-state index is 13.2. The molecule has 1 fully saturated rings. The van der Waals surface area contributed by atoms with E-state index in [4.69, 9.17) is 11.6 Å². The van der Waals surface area contributed by atoms with Gasteiger partial charge in [0.2, 0.25) is 5.82 Å². The molecule has 1 aliphatic heterocycles. The molecule has 0 atom stereocenters. The molecule has 156 valence electrons. The number of benzene rings is 2. The Bertz CT molecular complexity index is 1180. The first kappa shape index (κ1) is 19.8. The summed E-state index contributed by atoms with van der Waals surface area (Å²) in [7, 11) is 0. The Morgan fingerprint density at radius 3 is 2.39 bits per heavy atom. The number of piperazine rings is 1. The van der Waals surface area contributed by atoms with Gasteiger partial charge in [-0.15, -0.1) is 16.4 Å². The van der Waals surface area contributed by atoms with E-state index in [1.165, 1.54) is 0 Å². The van der Waals surface area contributed by atoms with Crippen molar-refractivity contribution in [2.75, 3.05) is 31.1 Å². The number of hydrogen-bond donors (Lipinski definition) is 0. The van der Waals surface area contributed by atoms with Gasteiger partial charge in [-0.1, -0.05) is 41.9 Å². The second-order valence-electron chi connectivity index (χ2n) is 7.24. The van der Waals surface area contributed by atoms with Crippen LogP contribution in [-0.4, -0.2) is 51.8 Å². The first-order valence-corrected chi connectivity index (χ1v) is 11.3. The highest BCUT2D eigenvalue weighted by Gasteiger charge is 2.27. The minimum atomic E-state index is -0.141. The molecule has 1 amide bonds. The minimum absolute atomic E-state index is 0.141. The van der Waals surface area contributed by atoms with Crippen molar-refractivity contribution in [2.45, 2.75) is 0 Å². The summed E-state index contributed by atoms with van der Waals surface area (Å²) in [5.74, 6) is 0.767. The van der Waals surface area contributed by atoms with E-state index < -0.39 is 0 Å². The third kappa shape index (κ3) is 4.06. The Hall–Kier alpha value is -3.16. The quantitative estimate of drug-likeness (QED) is 0.456. The molecule has 2 aromatic heterocycles. The normalized spacial score (nSPS) is 14.1. The van der Waals surface area contributed by atoms with Crippen molar-refractivity contribution in [3.63, 3.8) is 0 Å². The molecule has 2 aromatic carbocycles. The number of nitrogens with zero attached hydrogens (tertiary/aromatic N) is 5. The zero-order chi connectivity index (χ0) is 21.2. The van der Waals surface area contributed by atoms with Gasteiger partial charge >= 0.3 is 0 Å². The van der Waals surface area contributed by atoms with E-state index in [0.29, 0.717) is 23.9 Å². The number of amides is 1. The van der Waals surface area contributed by atoms with Gasteiger partial charge in [-0.3, -0.25) is 4.79 Å². The minimum Gasteiger partial charge on any atom is -0.368 e. The van der Waals surface area contributed by atoms with Crippen LogP contribution in [0.15, 0.2) is 72.1 Å². The molecule has 6 nitrogen and oxygen atoms in total. The Balaban J connectivity index is 1.38. The molecule has 0 radical (unpaired) electrons. The second-order valence-corrected chi connectivity index (χ2v) is 8.63. The molecule has 0 unspecified atom stereocenters. The molecule has 0 bridgehead atoms. The number of rotatable bonds is 4. The molecular weight excluding hydrogens is 430 g/mol. The van der Waals surface area contributed by atoms with Gasteiger partial charge in [0.05, 0.1) is 10.6 Å². The van der Waals surface area contributed by atoms with E-state index in [2.05, 4.69) is 15.0 Å². The van der Waals surface area contributed by atoms with Crippen LogP contribution in [0.2, 0.25) is 5.02 Å². The number of halogens is 1. The van der Waals surface area contributed by atoms with E-state index in [1.807, 2.05) is 77.0 Å². The van der Waals surface area contributed by atoms with Gasteiger partial charge in [-0.05, 0) is 41.8 Å². The van der Waals surface area contributed by atoms with Gasteiger partial charge in [-0.25, -0.2) is 9.67 Å². The van der Waals surface area contributed by atoms with Crippen LogP contribution < -0.4 is 4.90 Å². The van der Waals surface area contributed by atoms with Gasteiger partial charge in [0.1, 0.15) is 0 Å². The largest absolute Gasteiger partial charge is 0.368 e. The van der Waals surface area contributed by atoms with E-state index in [9.17, 15) is 4.79 Å². The predicted octanol–water partition coefficient (Wildman–Crippen LogP) is 4.61. The van der Waals surface area contributed by atoms with Gasteiger partial charge in [0.25, 0.3) is 5.91 Å². The maximum atomic E-state index is 13.2. The summed E-state index contributed by atoms with van der Waals surface area (Å²) in [6.45, 7) is 2.70. The summed E-state index contributed by atoms with van der Waals surface area (Å²) in [4.78, 5) is 22.9. The summed E-state index contributed by atoms with van der Waals surface area (Å²) in [5, 5.41) is 7.30. The number of carbonyl (C=O) groups excluding carboxylic acids is 1. The molecule has 0 spiro atoms. The zero-order valence-corrected chi connectivity index (χ0v) is 18.3. The second kappa shape index (κ2) is 8.53. The maximum Gasteiger partial charge on any atom is 0.293 e. The van der Waals surface area contributed by atoms with Gasteiger partial charge in [-0.2, -0.15) is 0 Å². The van der Waals surface area contributed by atoms with Crippen molar-refractivity contribution in [3.05, 3.63) is 83.0 Å². The zero-order valence-electron chi connectivity index (χ0n) is 16.7. The molecule has 8 heteroatoms. The molecule has 4 aromatic rings. The number of thiophene rings is 1. The summed E-state index contributed by atoms with van der Waals surface area (Å²) in [5.41, 5.74) is 1.95. The van der Waals surface area contributed by atoms with Crippen molar-refractivity contribution >= 4 is 34.5 Å². The van der Waals surface area contributed by atoms with Crippen LogP contribution in [0.25, 0.3) is 16.4 Å². The van der Waals surface area contributed by atoms with Crippen LogP contribution in [-0.2, 0) is 0 Å². The molecule has 0 aliphatic carbocycles. The van der Waals surface area contributed by atoms with Crippen molar-refractivity contribution < 1.29 is 4.79 Å². The van der Waals surface area contributed by atoms with Crippen LogP contribution in [0, 0.1) is 0 Å². The molecule has 1 aliphatic rings. The third-order valence-electron chi connectivity index (χ3n) is 5.28. The SMILES string of the molecule is O=C(c1nc(-c2cccs2)n(-c2ccccc2)n1)N1CCN(c2cccc(Cl)c2)CC1. The lowest BCUT2D eigenvalue weighted by Crippen LogP contribution is -2.49. The molecule has 0 saturated carbocycles.